The summed E-state index contributed by atoms with van der Waals surface area (Å²) in [5.74, 6) is -1.09. The van der Waals surface area contributed by atoms with Crippen molar-refractivity contribution in [3.05, 3.63) is 84.5 Å². The van der Waals surface area contributed by atoms with E-state index in [0.29, 0.717) is 37.5 Å². The molecule has 2 aromatic carbocycles. The second-order valence-electron chi connectivity index (χ2n) is 11.4. The first-order valence-electron chi connectivity index (χ1n) is 14.7. The molecule has 3 amide bonds. The van der Waals surface area contributed by atoms with Gasteiger partial charge in [0, 0.05) is 30.6 Å². The number of aliphatic hydroxyl groups is 1. The molecule has 6 atom stereocenters. The molecule has 42 heavy (non-hydrogen) atoms. The van der Waals surface area contributed by atoms with Gasteiger partial charge in [0.2, 0.25) is 11.8 Å². The summed E-state index contributed by atoms with van der Waals surface area (Å²) >= 11 is 1.56. The van der Waals surface area contributed by atoms with Crippen LogP contribution in [0.2, 0.25) is 0 Å². The zero-order valence-corrected chi connectivity index (χ0v) is 24.8. The zero-order chi connectivity index (χ0) is 29.4. The number of carbonyl (C=O) groups excluding carboxylic acids is 3. The number of carbonyl (C=O) groups is 3. The monoisotopic (exact) mass is 587 g/mol. The summed E-state index contributed by atoms with van der Waals surface area (Å²) in [5.41, 5.74) is 1.66. The van der Waals surface area contributed by atoms with Crippen LogP contribution >= 0.6 is 11.8 Å². The number of amides is 3. The number of aliphatic hydroxyl groups excluding tert-OH is 1. The van der Waals surface area contributed by atoms with Gasteiger partial charge in [0.25, 0.3) is 5.91 Å². The standard InChI is InChI=1S/C33H37N3O5S/c1-3-17-34-18-7-11-26-27(30(34)38)28-31(39)36(24(21-37)20-22-9-5-4-6-10-22)29-32(40)35(19-8-16-33(28,29)42-26)23-12-14-25(41-2)15-13-23/h4-16,24,26-29,37H,3,17-21H2,1-2H3/t24-,26-,27+,28+,29?,33+/m1/s1. The van der Waals surface area contributed by atoms with Crippen LogP contribution in [0.1, 0.15) is 18.9 Å². The maximum absolute atomic E-state index is 14.7. The molecule has 0 aromatic heterocycles. The lowest BCUT2D eigenvalue weighted by Gasteiger charge is -2.38. The molecule has 2 fully saturated rings. The van der Waals surface area contributed by atoms with Crippen molar-refractivity contribution in [1.29, 1.82) is 0 Å². The Bertz CT molecular complexity index is 1400. The Hall–Kier alpha value is -3.56. The Morgan fingerprint density at radius 3 is 2.45 bits per heavy atom. The van der Waals surface area contributed by atoms with E-state index in [9.17, 15) is 19.5 Å². The van der Waals surface area contributed by atoms with E-state index in [2.05, 4.69) is 6.08 Å². The van der Waals surface area contributed by atoms with Crippen LogP contribution < -0.4 is 9.64 Å². The predicted molar refractivity (Wildman–Crippen MR) is 163 cm³/mol. The molecule has 0 saturated carbocycles. The maximum Gasteiger partial charge on any atom is 0.251 e. The van der Waals surface area contributed by atoms with Crippen molar-refractivity contribution < 1.29 is 24.2 Å². The molecule has 0 aliphatic carbocycles. The number of thioether (sulfide) groups is 1. The second-order valence-corrected chi connectivity index (χ2v) is 12.9. The molecule has 4 aliphatic heterocycles. The highest BCUT2D eigenvalue weighted by molar-refractivity contribution is 8.02. The minimum absolute atomic E-state index is 0.0316. The van der Waals surface area contributed by atoms with Crippen LogP contribution in [-0.2, 0) is 20.8 Å². The summed E-state index contributed by atoms with van der Waals surface area (Å²) in [6, 6.07) is 15.5. The molecule has 220 valence electrons. The van der Waals surface area contributed by atoms with Gasteiger partial charge >= 0.3 is 0 Å². The molecule has 0 radical (unpaired) electrons. The Kier molecular flexibility index (Phi) is 7.89. The average Bonchev–Trinajstić information content (AvgIpc) is 3.34. The number of likely N-dealkylation sites (tertiary alicyclic amines) is 1. The molecular weight excluding hydrogens is 550 g/mol. The van der Waals surface area contributed by atoms with Gasteiger partial charge in [-0.1, -0.05) is 61.6 Å². The van der Waals surface area contributed by atoms with E-state index < -0.39 is 28.7 Å². The van der Waals surface area contributed by atoms with Crippen LogP contribution in [0.5, 0.6) is 5.75 Å². The van der Waals surface area contributed by atoms with Crippen LogP contribution in [0.4, 0.5) is 5.69 Å². The molecule has 1 unspecified atom stereocenters. The van der Waals surface area contributed by atoms with E-state index >= 15 is 0 Å². The number of hydrogen-bond donors (Lipinski definition) is 1. The number of hydrogen-bond acceptors (Lipinski definition) is 6. The summed E-state index contributed by atoms with van der Waals surface area (Å²) in [4.78, 5) is 48.6. The highest BCUT2D eigenvalue weighted by Crippen LogP contribution is 2.61. The molecule has 2 saturated heterocycles. The molecule has 0 bridgehead atoms. The van der Waals surface area contributed by atoms with Gasteiger partial charge in [0.15, 0.2) is 0 Å². The molecule has 6 rings (SSSR count). The van der Waals surface area contributed by atoms with Gasteiger partial charge < -0.3 is 24.5 Å². The third-order valence-electron chi connectivity index (χ3n) is 8.98. The number of fused-ring (bicyclic) bond motifs is 2. The van der Waals surface area contributed by atoms with E-state index in [4.69, 9.17) is 4.74 Å². The SMILES string of the molecule is CCCN1CC=C[C@H]2S[C@]34C=CCN(c5ccc(OC)cc5)C(=O)C3N([C@@H](CO)Cc3ccccc3)C(=O)[C@@H]4[C@H]2C1=O. The third kappa shape index (κ3) is 4.63. The summed E-state index contributed by atoms with van der Waals surface area (Å²) in [7, 11) is 1.60. The highest BCUT2D eigenvalue weighted by atomic mass is 32.2. The van der Waals surface area contributed by atoms with E-state index in [-0.39, 0.29) is 29.6 Å². The van der Waals surface area contributed by atoms with Crippen molar-refractivity contribution in [2.24, 2.45) is 11.8 Å². The van der Waals surface area contributed by atoms with Gasteiger partial charge in [-0.15, -0.1) is 11.8 Å². The van der Waals surface area contributed by atoms with Crippen molar-refractivity contribution in [1.82, 2.24) is 9.80 Å². The van der Waals surface area contributed by atoms with E-state index in [0.717, 1.165) is 12.0 Å². The predicted octanol–water partition coefficient (Wildman–Crippen LogP) is 3.31. The van der Waals surface area contributed by atoms with Crippen LogP contribution in [0.25, 0.3) is 0 Å². The lowest BCUT2D eigenvalue weighted by molar-refractivity contribution is -0.144. The lowest BCUT2D eigenvalue weighted by atomic mass is 9.78. The minimum atomic E-state index is -0.940. The summed E-state index contributed by atoms with van der Waals surface area (Å²) < 4.78 is 4.38. The van der Waals surface area contributed by atoms with E-state index in [1.54, 1.807) is 28.7 Å². The highest BCUT2D eigenvalue weighted by Gasteiger charge is 2.71. The summed E-state index contributed by atoms with van der Waals surface area (Å²) in [5, 5.41) is 10.5. The first kappa shape index (κ1) is 28.6. The van der Waals surface area contributed by atoms with Crippen LogP contribution in [-0.4, -0.2) is 88.1 Å². The Balaban J connectivity index is 1.46. The van der Waals surface area contributed by atoms with Crippen LogP contribution in [0.3, 0.4) is 0 Å². The quantitative estimate of drug-likeness (QED) is 0.477. The molecule has 4 aliphatic rings. The number of benzene rings is 2. The van der Waals surface area contributed by atoms with Gasteiger partial charge in [0.05, 0.1) is 36.3 Å². The topological polar surface area (TPSA) is 90.4 Å². The third-order valence-corrected chi connectivity index (χ3v) is 10.7. The lowest BCUT2D eigenvalue weighted by Crippen LogP contribution is -2.57. The Morgan fingerprint density at radius 1 is 1.00 bits per heavy atom. The van der Waals surface area contributed by atoms with Crippen molar-refractivity contribution >= 4 is 35.2 Å². The summed E-state index contributed by atoms with van der Waals surface area (Å²) in [6.07, 6.45) is 9.29. The normalized spacial score (nSPS) is 29.2. The Morgan fingerprint density at radius 2 is 1.76 bits per heavy atom. The smallest absolute Gasteiger partial charge is 0.251 e. The van der Waals surface area contributed by atoms with Gasteiger partial charge in [0.1, 0.15) is 11.8 Å². The van der Waals surface area contributed by atoms with Crippen LogP contribution in [0, 0.1) is 11.8 Å². The van der Waals surface area contributed by atoms with Gasteiger partial charge in [-0.2, -0.15) is 0 Å². The number of nitrogens with zero attached hydrogens (tertiary/aromatic N) is 3. The number of anilines is 1. The largest absolute Gasteiger partial charge is 0.497 e. The average molecular weight is 588 g/mol. The first-order valence-corrected chi connectivity index (χ1v) is 15.5. The minimum Gasteiger partial charge on any atom is -0.497 e. The second kappa shape index (κ2) is 11.6. The molecule has 4 heterocycles. The number of methoxy groups -OCH3 is 1. The van der Waals surface area contributed by atoms with Crippen LogP contribution in [0.15, 0.2) is 78.9 Å². The molecule has 2 aromatic rings. The van der Waals surface area contributed by atoms with E-state index in [1.165, 1.54) is 0 Å². The summed E-state index contributed by atoms with van der Waals surface area (Å²) in [6.45, 7) is 3.22. The van der Waals surface area contributed by atoms with Crippen molar-refractivity contribution in [3.63, 3.8) is 0 Å². The number of ether oxygens (including phenoxy) is 1. The molecule has 9 heteroatoms. The fourth-order valence-corrected chi connectivity index (χ4v) is 9.12. The maximum atomic E-state index is 14.7. The van der Waals surface area contributed by atoms with Gasteiger partial charge in [-0.25, -0.2) is 0 Å². The van der Waals surface area contributed by atoms with Crippen molar-refractivity contribution in [2.45, 2.75) is 41.8 Å². The Labute approximate surface area is 251 Å². The fourth-order valence-electron chi connectivity index (χ4n) is 7.12. The van der Waals surface area contributed by atoms with Crippen molar-refractivity contribution in [3.8, 4) is 5.75 Å². The first-order chi connectivity index (χ1) is 20.4. The van der Waals surface area contributed by atoms with Crippen molar-refractivity contribution in [2.75, 3.05) is 38.3 Å². The fraction of sp³-hybridized carbons (Fsp3) is 0.424. The molecule has 1 N–H and O–H groups in total. The molecule has 1 spiro atoms. The van der Waals surface area contributed by atoms with Gasteiger partial charge in [-0.3, -0.25) is 14.4 Å². The molecular formula is C33H37N3O5S. The van der Waals surface area contributed by atoms with Gasteiger partial charge in [-0.05, 0) is 42.7 Å². The van der Waals surface area contributed by atoms with E-state index in [1.807, 2.05) is 84.6 Å². The molecule has 8 nitrogen and oxygen atoms in total. The number of rotatable bonds is 8. The zero-order valence-electron chi connectivity index (χ0n) is 24.0.